The monoisotopic (exact) mass is 194 g/mol. The standard InChI is InChI=1S/C13H22O/c1-9(2)12-7-6-11(5)13(8-12)14-10(3)4/h6,10,12-13H,1,7-8H2,2-5H3/t12-,13+/m1/s1. The summed E-state index contributed by atoms with van der Waals surface area (Å²) in [6, 6.07) is 0. The fourth-order valence-corrected chi connectivity index (χ4v) is 1.89. The molecule has 1 heteroatoms. The number of hydrogen-bond donors (Lipinski definition) is 0. The number of hydrogen-bond acceptors (Lipinski definition) is 1. The Kier molecular flexibility index (Phi) is 3.94. The summed E-state index contributed by atoms with van der Waals surface area (Å²) in [5.41, 5.74) is 2.67. The first-order chi connectivity index (χ1) is 6.50. The van der Waals surface area contributed by atoms with E-state index in [9.17, 15) is 0 Å². The van der Waals surface area contributed by atoms with Gasteiger partial charge in [-0.15, -0.1) is 0 Å². The molecule has 1 aliphatic rings. The summed E-state index contributed by atoms with van der Waals surface area (Å²) in [6.45, 7) is 12.5. The summed E-state index contributed by atoms with van der Waals surface area (Å²) < 4.78 is 5.87. The van der Waals surface area contributed by atoms with E-state index in [2.05, 4.69) is 40.3 Å². The Hall–Kier alpha value is -0.560. The molecule has 0 radical (unpaired) electrons. The molecule has 14 heavy (non-hydrogen) atoms. The topological polar surface area (TPSA) is 9.23 Å². The summed E-state index contributed by atoms with van der Waals surface area (Å²) >= 11 is 0. The van der Waals surface area contributed by atoms with Crippen molar-refractivity contribution in [1.29, 1.82) is 0 Å². The Balaban J connectivity index is 2.62. The minimum Gasteiger partial charge on any atom is -0.371 e. The lowest BCUT2D eigenvalue weighted by atomic mass is 9.84. The summed E-state index contributed by atoms with van der Waals surface area (Å²) in [7, 11) is 0. The van der Waals surface area contributed by atoms with Gasteiger partial charge in [0.25, 0.3) is 0 Å². The first kappa shape index (κ1) is 11.5. The normalized spacial score (nSPS) is 27.6. The minimum absolute atomic E-state index is 0.311. The third-order valence-corrected chi connectivity index (χ3v) is 2.86. The molecule has 0 amide bonds. The van der Waals surface area contributed by atoms with E-state index in [0.29, 0.717) is 18.1 Å². The number of ether oxygens (including phenoxy) is 1. The van der Waals surface area contributed by atoms with Gasteiger partial charge in [-0.2, -0.15) is 0 Å². The van der Waals surface area contributed by atoms with Crippen LogP contribution in [0.2, 0.25) is 0 Å². The van der Waals surface area contributed by atoms with Crippen LogP contribution >= 0.6 is 0 Å². The van der Waals surface area contributed by atoms with Gasteiger partial charge in [0, 0.05) is 0 Å². The molecule has 0 aromatic heterocycles. The van der Waals surface area contributed by atoms with Crippen molar-refractivity contribution in [3.05, 3.63) is 23.8 Å². The fourth-order valence-electron chi connectivity index (χ4n) is 1.89. The quantitative estimate of drug-likeness (QED) is 0.622. The van der Waals surface area contributed by atoms with Crippen molar-refractivity contribution in [2.24, 2.45) is 5.92 Å². The van der Waals surface area contributed by atoms with Crippen LogP contribution in [0, 0.1) is 5.92 Å². The number of allylic oxidation sites excluding steroid dienone is 2. The summed E-state index contributed by atoms with van der Waals surface area (Å²) in [6.07, 6.45) is 5.17. The molecular weight excluding hydrogens is 172 g/mol. The van der Waals surface area contributed by atoms with Crippen LogP contribution in [-0.4, -0.2) is 12.2 Å². The Bertz CT molecular complexity index is 238. The molecule has 0 aliphatic heterocycles. The Morgan fingerprint density at radius 3 is 2.71 bits per heavy atom. The first-order valence-corrected chi connectivity index (χ1v) is 5.48. The molecule has 0 N–H and O–H groups in total. The van der Waals surface area contributed by atoms with Gasteiger partial charge in [-0.05, 0) is 52.0 Å². The van der Waals surface area contributed by atoms with Gasteiger partial charge in [0.05, 0.1) is 12.2 Å². The molecule has 0 spiro atoms. The highest BCUT2D eigenvalue weighted by Gasteiger charge is 2.23. The third-order valence-electron chi connectivity index (χ3n) is 2.86. The maximum Gasteiger partial charge on any atom is 0.0791 e. The van der Waals surface area contributed by atoms with E-state index in [1.807, 2.05) is 0 Å². The Morgan fingerprint density at radius 1 is 1.57 bits per heavy atom. The molecule has 0 bridgehead atoms. The van der Waals surface area contributed by atoms with Gasteiger partial charge in [-0.25, -0.2) is 0 Å². The van der Waals surface area contributed by atoms with Gasteiger partial charge in [-0.3, -0.25) is 0 Å². The van der Waals surface area contributed by atoms with Crippen molar-refractivity contribution >= 4 is 0 Å². The van der Waals surface area contributed by atoms with Crippen LogP contribution in [0.15, 0.2) is 23.8 Å². The lowest BCUT2D eigenvalue weighted by molar-refractivity contribution is 0.0147. The predicted molar refractivity (Wildman–Crippen MR) is 61.3 cm³/mol. The van der Waals surface area contributed by atoms with Gasteiger partial charge in [0.2, 0.25) is 0 Å². The smallest absolute Gasteiger partial charge is 0.0791 e. The molecule has 0 aromatic rings. The average Bonchev–Trinajstić information content (AvgIpc) is 2.07. The lowest BCUT2D eigenvalue weighted by Gasteiger charge is -2.30. The third kappa shape index (κ3) is 2.98. The van der Waals surface area contributed by atoms with Gasteiger partial charge >= 0.3 is 0 Å². The van der Waals surface area contributed by atoms with E-state index in [1.165, 1.54) is 11.1 Å². The minimum atomic E-state index is 0.311. The van der Waals surface area contributed by atoms with Crippen LogP contribution in [0.3, 0.4) is 0 Å². The van der Waals surface area contributed by atoms with E-state index in [1.54, 1.807) is 0 Å². The molecule has 1 nitrogen and oxygen atoms in total. The van der Waals surface area contributed by atoms with Crippen LogP contribution in [0.1, 0.15) is 40.5 Å². The number of rotatable bonds is 3. The largest absolute Gasteiger partial charge is 0.371 e. The highest BCUT2D eigenvalue weighted by molar-refractivity contribution is 5.15. The average molecular weight is 194 g/mol. The van der Waals surface area contributed by atoms with Crippen molar-refractivity contribution in [3.63, 3.8) is 0 Å². The first-order valence-electron chi connectivity index (χ1n) is 5.48. The zero-order valence-corrected chi connectivity index (χ0v) is 9.84. The van der Waals surface area contributed by atoms with Crippen LogP contribution in [0.4, 0.5) is 0 Å². The van der Waals surface area contributed by atoms with Crippen LogP contribution in [0.25, 0.3) is 0 Å². The van der Waals surface area contributed by atoms with Gasteiger partial charge in [-0.1, -0.05) is 18.2 Å². The second-order valence-electron chi connectivity index (χ2n) is 4.64. The van der Waals surface area contributed by atoms with Gasteiger partial charge in [0.15, 0.2) is 0 Å². The van der Waals surface area contributed by atoms with Crippen LogP contribution in [-0.2, 0) is 4.74 Å². The molecule has 0 saturated carbocycles. The van der Waals surface area contributed by atoms with Crippen molar-refractivity contribution in [1.82, 2.24) is 0 Å². The van der Waals surface area contributed by atoms with Crippen molar-refractivity contribution in [3.8, 4) is 0 Å². The molecule has 0 aromatic carbocycles. The SMILES string of the molecule is C=C(C)[C@@H]1CC=C(C)[C@@H](OC(C)C)C1. The van der Waals surface area contributed by atoms with Crippen molar-refractivity contribution < 1.29 is 4.74 Å². The Morgan fingerprint density at radius 2 is 2.21 bits per heavy atom. The van der Waals surface area contributed by atoms with Crippen molar-refractivity contribution in [2.75, 3.05) is 0 Å². The predicted octanol–water partition coefficient (Wildman–Crippen LogP) is 3.71. The molecule has 2 atom stereocenters. The molecule has 80 valence electrons. The molecular formula is C13H22O. The summed E-state index contributed by atoms with van der Waals surface area (Å²) in [5.74, 6) is 0.613. The summed E-state index contributed by atoms with van der Waals surface area (Å²) in [4.78, 5) is 0. The van der Waals surface area contributed by atoms with E-state index in [-0.39, 0.29) is 0 Å². The second-order valence-corrected chi connectivity index (χ2v) is 4.64. The maximum atomic E-state index is 5.87. The van der Waals surface area contributed by atoms with E-state index < -0.39 is 0 Å². The fraction of sp³-hybridized carbons (Fsp3) is 0.692. The highest BCUT2D eigenvalue weighted by Crippen LogP contribution is 2.30. The lowest BCUT2D eigenvalue weighted by Crippen LogP contribution is -2.25. The van der Waals surface area contributed by atoms with Crippen LogP contribution in [0.5, 0.6) is 0 Å². The van der Waals surface area contributed by atoms with Gasteiger partial charge < -0.3 is 4.74 Å². The zero-order valence-electron chi connectivity index (χ0n) is 9.84. The van der Waals surface area contributed by atoms with Crippen LogP contribution < -0.4 is 0 Å². The van der Waals surface area contributed by atoms with E-state index in [4.69, 9.17) is 4.74 Å². The van der Waals surface area contributed by atoms with Gasteiger partial charge in [0.1, 0.15) is 0 Å². The Labute approximate surface area is 87.8 Å². The molecule has 1 rings (SSSR count). The van der Waals surface area contributed by atoms with E-state index >= 15 is 0 Å². The zero-order chi connectivity index (χ0) is 10.7. The van der Waals surface area contributed by atoms with Crippen molar-refractivity contribution in [2.45, 2.75) is 52.7 Å². The second kappa shape index (κ2) is 4.79. The summed E-state index contributed by atoms with van der Waals surface area (Å²) in [5, 5.41) is 0. The molecule has 0 saturated heterocycles. The molecule has 0 heterocycles. The molecule has 0 unspecified atom stereocenters. The van der Waals surface area contributed by atoms with E-state index in [0.717, 1.165) is 12.8 Å². The molecule has 0 fully saturated rings. The highest BCUT2D eigenvalue weighted by atomic mass is 16.5. The maximum absolute atomic E-state index is 5.87. The molecule has 1 aliphatic carbocycles.